The number of aldehydes is 1. The van der Waals surface area contributed by atoms with Gasteiger partial charge in [-0.1, -0.05) is 32.0 Å². The minimum Gasteiger partial charge on any atom is -0.493 e. The van der Waals surface area contributed by atoms with Gasteiger partial charge in [0.2, 0.25) is 0 Å². The Balaban J connectivity index is 1.89. The van der Waals surface area contributed by atoms with Gasteiger partial charge in [-0.25, -0.2) is 4.68 Å². The van der Waals surface area contributed by atoms with Crippen molar-refractivity contribution in [2.45, 2.75) is 13.8 Å². The number of rotatable bonds is 6. The summed E-state index contributed by atoms with van der Waals surface area (Å²) in [5, 5.41) is 4.57. The summed E-state index contributed by atoms with van der Waals surface area (Å²) in [6, 6.07) is 17.4. The summed E-state index contributed by atoms with van der Waals surface area (Å²) in [5.41, 5.74) is 3.05. The lowest BCUT2D eigenvalue weighted by Gasteiger charge is -2.08. The Morgan fingerprint density at radius 1 is 1.08 bits per heavy atom. The van der Waals surface area contributed by atoms with Crippen LogP contribution in [0.25, 0.3) is 16.9 Å². The second-order valence-corrected chi connectivity index (χ2v) is 6.06. The summed E-state index contributed by atoms with van der Waals surface area (Å²) >= 11 is 0. The van der Waals surface area contributed by atoms with Gasteiger partial charge < -0.3 is 4.74 Å². The second-order valence-electron chi connectivity index (χ2n) is 6.06. The minimum absolute atomic E-state index is 0.480. The third-order valence-electron chi connectivity index (χ3n) is 3.60. The molecule has 1 heterocycles. The van der Waals surface area contributed by atoms with Gasteiger partial charge in [0, 0.05) is 11.8 Å². The van der Waals surface area contributed by atoms with Gasteiger partial charge >= 0.3 is 0 Å². The van der Waals surface area contributed by atoms with Crippen molar-refractivity contribution in [2.75, 3.05) is 6.61 Å². The molecule has 0 unspecified atom stereocenters. The van der Waals surface area contributed by atoms with E-state index in [9.17, 15) is 4.79 Å². The van der Waals surface area contributed by atoms with Gasteiger partial charge in [-0.3, -0.25) is 4.79 Å². The minimum atomic E-state index is 0.480. The third-order valence-corrected chi connectivity index (χ3v) is 3.60. The van der Waals surface area contributed by atoms with Crippen LogP contribution in [0.4, 0.5) is 0 Å². The highest BCUT2D eigenvalue weighted by Crippen LogP contribution is 2.25. The molecule has 4 heteroatoms. The lowest BCUT2D eigenvalue weighted by Crippen LogP contribution is -2.04. The van der Waals surface area contributed by atoms with Crippen LogP contribution < -0.4 is 4.74 Å². The number of hydrogen-bond donors (Lipinski definition) is 0. The summed E-state index contributed by atoms with van der Waals surface area (Å²) in [6.07, 6.45) is 2.59. The van der Waals surface area contributed by atoms with E-state index < -0.39 is 0 Å². The first kappa shape index (κ1) is 16.0. The summed E-state index contributed by atoms with van der Waals surface area (Å²) in [6.45, 7) is 4.91. The van der Waals surface area contributed by atoms with Gasteiger partial charge in [-0.2, -0.15) is 5.10 Å². The predicted molar refractivity (Wildman–Crippen MR) is 94.7 cm³/mol. The Labute approximate surface area is 141 Å². The maximum absolute atomic E-state index is 11.4. The molecule has 3 aromatic rings. The van der Waals surface area contributed by atoms with Gasteiger partial charge in [-0.05, 0) is 42.3 Å². The van der Waals surface area contributed by atoms with Crippen LogP contribution in [0, 0.1) is 5.92 Å². The van der Waals surface area contributed by atoms with E-state index in [1.54, 1.807) is 10.9 Å². The van der Waals surface area contributed by atoms with E-state index >= 15 is 0 Å². The molecule has 0 amide bonds. The van der Waals surface area contributed by atoms with Crippen molar-refractivity contribution in [3.05, 3.63) is 66.4 Å². The normalized spacial score (nSPS) is 10.8. The highest BCUT2D eigenvalue weighted by Gasteiger charge is 2.12. The molecule has 1 aromatic heterocycles. The fourth-order valence-corrected chi connectivity index (χ4v) is 2.38. The lowest BCUT2D eigenvalue weighted by atomic mass is 10.1. The molecule has 0 fully saturated rings. The molecule has 4 nitrogen and oxygen atoms in total. The summed E-state index contributed by atoms with van der Waals surface area (Å²) < 4.78 is 7.42. The molecule has 0 aliphatic rings. The van der Waals surface area contributed by atoms with Crippen molar-refractivity contribution < 1.29 is 9.53 Å². The highest BCUT2D eigenvalue weighted by atomic mass is 16.5. The maximum atomic E-state index is 11.4. The van der Waals surface area contributed by atoms with Crippen LogP contribution in [0.1, 0.15) is 24.2 Å². The zero-order valence-electron chi connectivity index (χ0n) is 13.8. The Kier molecular flexibility index (Phi) is 4.75. The number of para-hydroxylation sites is 1. The third kappa shape index (κ3) is 3.54. The van der Waals surface area contributed by atoms with E-state index in [0.717, 1.165) is 23.3 Å². The Hall–Kier alpha value is -2.88. The predicted octanol–water partition coefficient (Wildman–Crippen LogP) is 4.39. The number of benzene rings is 2. The van der Waals surface area contributed by atoms with E-state index in [0.29, 0.717) is 23.8 Å². The van der Waals surface area contributed by atoms with Gasteiger partial charge in [0.25, 0.3) is 0 Å². The molecule has 24 heavy (non-hydrogen) atoms. The number of nitrogens with zero attached hydrogens (tertiary/aromatic N) is 2. The van der Waals surface area contributed by atoms with Crippen LogP contribution >= 0.6 is 0 Å². The summed E-state index contributed by atoms with van der Waals surface area (Å²) in [5.74, 6) is 1.30. The van der Waals surface area contributed by atoms with Crippen molar-refractivity contribution in [1.29, 1.82) is 0 Å². The Bertz CT molecular complexity index is 805. The van der Waals surface area contributed by atoms with Gasteiger partial charge in [0.1, 0.15) is 11.4 Å². The van der Waals surface area contributed by atoms with Gasteiger partial charge in [0.05, 0.1) is 17.9 Å². The molecule has 0 spiro atoms. The molecule has 0 radical (unpaired) electrons. The molecule has 3 rings (SSSR count). The number of hydrogen-bond acceptors (Lipinski definition) is 3. The fraction of sp³-hybridized carbons (Fsp3) is 0.200. The average Bonchev–Trinajstić information content (AvgIpc) is 3.05. The molecule has 0 saturated carbocycles. The van der Waals surface area contributed by atoms with E-state index in [1.165, 1.54) is 0 Å². The smallest absolute Gasteiger partial charge is 0.153 e. The van der Waals surface area contributed by atoms with E-state index in [1.807, 2.05) is 54.6 Å². The fourth-order valence-electron chi connectivity index (χ4n) is 2.38. The van der Waals surface area contributed by atoms with Crippen molar-refractivity contribution in [1.82, 2.24) is 9.78 Å². The Morgan fingerprint density at radius 2 is 1.79 bits per heavy atom. The quantitative estimate of drug-likeness (QED) is 0.633. The Morgan fingerprint density at radius 3 is 2.42 bits per heavy atom. The highest BCUT2D eigenvalue weighted by molar-refractivity contribution is 5.85. The first-order chi connectivity index (χ1) is 11.7. The molecular weight excluding hydrogens is 300 g/mol. The van der Waals surface area contributed by atoms with Crippen molar-refractivity contribution in [3.63, 3.8) is 0 Å². The van der Waals surface area contributed by atoms with Crippen LogP contribution in [0.5, 0.6) is 5.75 Å². The second kappa shape index (κ2) is 7.13. The lowest BCUT2D eigenvalue weighted by molar-refractivity contribution is 0.112. The van der Waals surface area contributed by atoms with Gasteiger partial charge in [0.15, 0.2) is 6.29 Å². The van der Waals surface area contributed by atoms with Crippen LogP contribution in [0.15, 0.2) is 60.8 Å². The maximum Gasteiger partial charge on any atom is 0.153 e. The largest absolute Gasteiger partial charge is 0.493 e. The standard InChI is InChI=1S/C20H20N2O2/c1-15(2)14-24-19-10-8-16(9-11-19)20-17(13-23)12-22(21-20)18-6-4-3-5-7-18/h3-13,15H,14H2,1-2H3. The van der Waals surface area contributed by atoms with Gasteiger partial charge in [-0.15, -0.1) is 0 Å². The van der Waals surface area contributed by atoms with Crippen LogP contribution in [0.3, 0.4) is 0 Å². The molecule has 0 N–H and O–H groups in total. The van der Waals surface area contributed by atoms with E-state index in [-0.39, 0.29) is 0 Å². The van der Waals surface area contributed by atoms with E-state index in [2.05, 4.69) is 18.9 Å². The van der Waals surface area contributed by atoms with Crippen molar-refractivity contribution in [3.8, 4) is 22.7 Å². The average molecular weight is 320 g/mol. The van der Waals surface area contributed by atoms with Crippen LogP contribution in [0.2, 0.25) is 0 Å². The van der Waals surface area contributed by atoms with E-state index in [4.69, 9.17) is 4.74 Å². The summed E-state index contributed by atoms with van der Waals surface area (Å²) in [4.78, 5) is 11.4. The zero-order chi connectivity index (χ0) is 16.9. The first-order valence-electron chi connectivity index (χ1n) is 8.01. The molecule has 2 aromatic carbocycles. The number of carbonyl (C=O) groups excluding carboxylic acids is 1. The molecule has 0 atom stereocenters. The molecule has 0 bridgehead atoms. The monoisotopic (exact) mass is 320 g/mol. The molecule has 0 aliphatic heterocycles. The number of aromatic nitrogens is 2. The molecular formula is C20H20N2O2. The zero-order valence-corrected chi connectivity index (χ0v) is 13.8. The molecule has 122 valence electrons. The van der Waals surface area contributed by atoms with Crippen molar-refractivity contribution in [2.24, 2.45) is 5.92 Å². The molecule has 0 aliphatic carbocycles. The summed E-state index contributed by atoms with van der Waals surface area (Å²) in [7, 11) is 0. The van der Waals surface area contributed by atoms with Crippen molar-refractivity contribution >= 4 is 6.29 Å². The SMILES string of the molecule is CC(C)COc1ccc(-c2nn(-c3ccccc3)cc2C=O)cc1. The van der Waals surface area contributed by atoms with Crippen LogP contribution in [-0.2, 0) is 0 Å². The number of carbonyl (C=O) groups is 1. The molecule has 0 saturated heterocycles. The topological polar surface area (TPSA) is 44.1 Å². The first-order valence-corrected chi connectivity index (χ1v) is 8.01. The van der Waals surface area contributed by atoms with Crippen LogP contribution in [-0.4, -0.2) is 22.7 Å². The number of ether oxygens (including phenoxy) is 1.